The smallest absolute Gasteiger partial charge is 0.261 e. The number of halogens is 1. The molecule has 150 valence electrons. The molecule has 0 aromatic heterocycles. The maximum Gasteiger partial charge on any atom is 0.261 e. The van der Waals surface area contributed by atoms with E-state index in [0.29, 0.717) is 18.9 Å². The molecule has 1 aliphatic rings. The van der Waals surface area contributed by atoms with Crippen LogP contribution in [0.15, 0.2) is 47.4 Å². The second kappa shape index (κ2) is 8.81. The Morgan fingerprint density at radius 3 is 2.64 bits per heavy atom. The minimum absolute atomic E-state index is 0.000479. The first-order valence-corrected chi connectivity index (χ1v) is 10.6. The van der Waals surface area contributed by atoms with E-state index in [1.807, 2.05) is 0 Å². The third-order valence-corrected chi connectivity index (χ3v) is 6.07. The molecule has 3 rings (SSSR count). The van der Waals surface area contributed by atoms with E-state index >= 15 is 0 Å². The summed E-state index contributed by atoms with van der Waals surface area (Å²) in [5.41, 5.74) is 0.428. The van der Waals surface area contributed by atoms with Gasteiger partial charge in [0, 0.05) is 18.8 Å². The number of carbonyl (C=O) groups excluding carboxylic acids is 1. The second-order valence-electron chi connectivity index (χ2n) is 6.32. The van der Waals surface area contributed by atoms with Crippen molar-refractivity contribution >= 4 is 33.2 Å². The van der Waals surface area contributed by atoms with Crippen LogP contribution in [0.25, 0.3) is 0 Å². The van der Waals surface area contributed by atoms with Crippen LogP contribution in [0.2, 0.25) is 5.02 Å². The molecule has 1 unspecified atom stereocenters. The summed E-state index contributed by atoms with van der Waals surface area (Å²) in [6.45, 7) is 1.08. The summed E-state index contributed by atoms with van der Waals surface area (Å²) in [6.07, 6.45) is 1.87. The number of rotatable bonds is 7. The summed E-state index contributed by atoms with van der Waals surface area (Å²) in [6, 6.07) is 10.4. The Bertz CT molecular complexity index is 941. The summed E-state index contributed by atoms with van der Waals surface area (Å²) in [7, 11) is -2.32. The van der Waals surface area contributed by atoms with Crippen molar-refractivity contribution in [3.05, 3.63) is 53.1 Å². The first-order valence-electron chi connectivity index (χ1n) is 8.75. The van der Waals surface area contributed by atoms with E-state index in [1.165, 1.54) is 37.4 Å². The standard InChI is InChI=1S/C19H21ClN2O5S/c1-26-14-5-7-16(8-6-14)28(24,25)22-13-4-9-18(20)17(11-13)19(23)21-12-15-3-2-10-27-15/h4-9,11,15,22H,2-3,10,12H2,1H3,(H,21,23). The molecule has 1 atom stereocenters. The van der Waals surface area contributed by atoms with Gasteiger partial charge in [-0.15, -0.1) is 0 Å². The fourth-order valence-electron chi connectivity index (χ4n) is 2.84. The minimum atomic E-state index is -3.82. The highest BCUT2D eigenvalue weighted by molar-refractivity contribution is 7.92. The van der Waals surface area contributed by atoms with Gasteiger partial charge in [0.2, 0.25) is 0 Å². The lowest BCUT2D eigenvalue weighted by molar-refractivity contribution is 0.0858. The van der Waals surface area contributed by atoms with Crippen molar-refractivity contribution < 1.29 is 22.7 Å². The highest BCUT2D eigenvalue weighted by Crippen LogP contribution is 2.24. The monoisotopic (exact) mass is 424 g/mol. The maximum atomic E-state index is 12.6. The Morgan fingerprint density at radius 1 is 1.25 bits per heavy atom. The number of carbonyl (C=O) groups is 1. The van der Waals surface area contributed by atoms with Crippen LogP contribution in [-0.2, 0) is 14.8 Å². The molecule has 0 aliphatic carbocycles. The van der Waals surface area contributed by atoms with Gasteiger partial charge in [0.1, 0.15) is 5.75 Å². The van der Waals surface area contributed by atoms with Crippen LogP contribution in [0.5, 0.6) is 5.75 Å². The number of anilines is 1. The first kappa shape index (κ1) is 20.4. The number of ether oxygens (including phenoxy) is 2. The normalized spacial score (nSPS) is 16.6. The molecule has 28 heavy (non-hydrogen) atoms. The average molecular weight is 425 g/mol. The molecule has 1 heterocycles. The molecule has 1 aliphatic heterocycles. The molecule has 0 saturated carbocycles. The molecule has 1 fully saturated rings. The van der Waals surface area contributed by atoms with Crippen LogP contribution in [0.4, 0.5) is 5.69 Å². The zero-order valence-electron chi connectivity index (χ0n) is 15.3. The summed E-state index contributed by atoms with van der Waals surface area (Å²) >= 11 is 6.12. The van der Waals surface area contributed by atoms with Crippen LogP contribution >= 0.6 is 11.6 Å². The molecule has 0 spiro atoms. The fraction of sp³-hybridized carbons (Fsp3) is 0.316. The van der Waals surface area contributed by atoms with Crippen LogP contribution in [0, 0.1) is 0 Å². The number of sulfonamides is 1. The molecule has 9 heteroatoms. The third kappa shape index (κ3) is 4.95. The molecule has 0 bridgehead atoms. The zero-order valence-corrected chi connectivity index (χ0v) is 16.8. The quantitative estimate of drug-likeness (QED) is 0.712. The van der Waals surface area contributed by atoms with Crippen molar-refractivity contribution in [1.29, 1.82) is 0 Å². The Morgan fingerprint density at radius 2 is 2.00 bits per heavy atom. The second-order valence-corrected chi connectivity index (χ2v) is 8.41. The molecule has 2 aromatic rings. The van der Waals surface area contributed by atoms with E-state index in [9.17, 15) is 13.2 Å². The van der Waals surface area contributed by atoms with E-state index in [2.05, 4.69) is 10.0 Å². The van der Waals surface area contributed by atoms with E-state index in [4.69, 9.17) is 21.1 Å². The molecule has 2 N–H and O–H groups in total. The lowest BCUT2D eigenvalue weighted by Crippen LogP contribution is -2.32. The lowest BCUT2D eigenvalue weighted by atomic mass is 10.2. The Labute approximate surface area is 169 Å². The van der Waals surface area contributed by atoms with Gasteiger partial charge in [-0.1, -0.05) is 11.6 Å². The van der Waals surface area contributed by atoms with Gasteiger partial charge in [0.25, 0.3) is 15.9 Å². The Balaban J connectivity index is 1.73. The van der Waals surface area contributed by atoms with Gasteiger partial charge in [-0.05, 0) is 55.3 Å². The molecule has 7 nitrogen and oxygen atoms in total. The van der Waals surface area contributed by atoms with Gasteiger partial charge in [-0.2, -0.15) is 0 Å². The van der Waals surface area contributed by atoms with E-state index in [0.717, 1.165) is 12.8 Å². The predicted molar refractivity (Wildman–Crippen MR) is 107 cm³/mol. The van der Waals surface area contributed by atoms with Crippen molar-refractivity contribution in [2.45, 2.75) is 23.8 Å². The van der Waals surface area contributed by atoms with Crippen molar-refractivity contribution in [1.82, 2.24) is 5.32 Å². The topological polar surface area (TPSA) is 93.7 Å². The van der Waals surface area contributed by atoms with Crippen LogP contribution in [0.3, 0.4) is 0 Å². The minimum Gasteiger partial charge on any atom is -0.497 e. The van der Waals surface area contributed by atoms with E-state index in [-0.39, 0.29) is 33.2 Å². The SMILES string of the molecule is COc1ccc(S(=O)(=O)Nc2ccc(Cl)c(C(=O)NCC3CCCO3)c2)cc1. The number of hydrogen-bond acceptors (Lipinski definition) is 5. The molecular weight excluding hydrogens is 404 g/mol. The van der Waals surface area contributed by atoms with Crippen molar-refractivity contribution in [2.75, 3.05) is 25.0 Å². The summed E-state index contributed by atoms with van der Waals surface area (Å²) < 4.78 is 38.1. The van der Waals surface area contributed by atoms with Crippen LogP contribution < -0.4 is 14.8 Å². The third-order valence-electron chi connectivity index (χ3n) is 4.35. The highest BCUT2D eigenvalue weighted by Gasteiger charge is 2.19. The zero-order chi connectivity index (χ0) is 20.1. The van der Waals surface area contributed by atoms with Gasteiger partial charge in [0.05, 0.1) is 28.7 Å². The summed E-state index contributed by atoms with van der Waals surface area (Å²) in [5.74, 6) is 0.168. The number of nitrogens with one attached hydrogen (secondary N) is 2. The van der Waals surface area contributed by atoms with E-state index in [1.54, 1.807) is 12.1 Å². The summed E-state index contributed by atoms with van der Waals surface area (Å²) in [4.78, 5) is 12.5. The predicted octanol–water partition coefficient (Wildman–Crippen LogP) is 3.06. The molecule has 1 saturated heterocycles. The highest BCUT2D eigenvalue weighted by atomic mass is 35.5. The molecule has 1 amide bonds. The largest absolute Gasteiger partial charge is 0.497 e. The van der Waals surface area contributed by atoms with Gasteiger partial charge in [-0.25, -0.2) is 8.42 Å². The molecular formula is C19H21ClN2O5S. The number of methoxy groups -OCH3 is 1. The van der Waals surface area contributed by atoms with Crippen molar-refractivity contribution in [2.24, 2.45) is 0 Å². The number of hydrogen-bond donors (Lipinski definition) is 2. The van der Waals surface area contributed by atoms with Crippen LogP contribution in [0.1, 0.15) is 23.2 Å². The Hall–Kier alpha value is -2.29. The Kier molecular flexibility index (Phi) is 6.43. The number of amides is 1. The number of benzene rings is 2. The van der Waals surface area contributed by atoms with Crippen molar-refractivity contribution in [3.63, 3.8) is 0 Å². The first-order chi connectivity index (χ1) is 13.4. The maximum absolute atomic E-state index is 12.6. The van der Waals surface area contributed by atoms with Crippen LogP contribution in [-0.4, -0.2) is 40.7 Å². The summed E-state index contributed by atoms with van der Waals surface area (Å²) in [5, 5.41) is 3.01. The molecule has 0 radical (unpaired) electrons. The fourth-order valence-corrected chi connectivity index (χ4v) is 4.09. The van der Waals surface area contributed by atoms with Gasteiger partial charge < -0.3 is 14.8 Å². The van der Waals surface area contributed by atoms with Gasteiger partial charge in [0.15, 0.2) is 0 Å². The average Bonchev–Trinajstić information content (AvgIpc) is 3.21. The lowest BCUT2D eigenvalue weighted by Gasteiger charge is -2.13. The molecule has 2 aromatic carbocycles. The van der Waals surface area contributed by atoms with Gasteiger partial charge >= 0.3 is 0 Å². The van der Waals surface area contributed by atoms with E-state index < -0.39 is 10.0 Å². The van der Waals surface area contributed by atoms with Gasteiger partial charge in [-0.3, -0.25) is 9.52 Å². The van der Waals surface area contributed by atoms with Crippen molar-refractivity contribution in [3.8, 4) is 5.75 Å².